The lowest BCUT2D eigenvalue weighted by atomic mass is 10.2. The first-order valence-corrected chi connectivity index (χ1v) is 3.22. The van der Waals surface area contributed by atoms with Crippen LogP contribution in [0.25, 0.3) is 0 Å². The zero-order valence-corrected chi connectivity index (χ0v) is 5.81. The Morgan fingerprint density at radius 1 is 1.62 bits per heavy atom. The van der Waals surface area contributed by atoms with E-state index < -0.39 is 0 Å². The number of hydrogen-bond donors (Lipinski definition) is 0. The minimum absolute atomic E-state index is 0.400. The monoisotopic (exact) mass is 115 g/mol. The van der Waals surface area contributed by atoms with Crippen LogP contribution >= 0.6 is 0 Å². The minimum atomic E-state index is 0.400. The van der Waals surface area contributed by atoms with Gasteiger partial charge in [-0.25, -0.2) is 0 Å². The Morgan fingerprint density at radius 2 is 2.25 bits per heavy atom. The van der Waals surface area contributed by atoms with Crippen LogP contribution in [-0.4, -0.2) is 12.7 Å². The Morgan fingerprint density at radius 3 is 2.62 bits per heavy atom. The van der Waals surface area contributed by atoms with Crippen molar-refractivity contribution in [2.45, 2.75) is 32.8 Å². The van der Waals surface area contributed by atoms with Crippen molar-refractivity contribution in [3.05, 3.63) is 6.92 Å². The van der Waals surface area contributed by atoms with Crippen LogP contribution in [0.4, 0.5) is 0 Å². The summed E-state index contributed by atoms with van der Waals surface area (Å²) < 4.78 is 5.24. The molecule has 0 aromatic rings. The molecular weight excluding hydrogens is 100 g/mol. The molecule has 0 saturated heterocycles. The Labute approximate surface area is 52.0 Å². The fourth-order valence-corrected chi connectivity index (χ4v) is 0.655. The van der Waals surface area contributed by atoms with Crippen molar-refractivity contribution in [3.63, 3.8) is 0 Å². The van der Waals surface area contributed by atoms with Gasteiger partial charge in [-0.1, -0.05) is 13.3 Å². The van der Waals surface area contributed by atoms with Gasteiger partial charge in [0.25, 0.3) is 0 Å². The topological polar surface area (TPSA) is 9.23 Å². The van der Waals surface area contributed by atoms with Crippen LogP contribution in [0.5, 0.6) is 0 Å². The normalized spacial score (nSPS) is 13.9. The van der Waals surface area contributed by atoms with E-state index in [1.807, 2.05) is 6.92 Å². The summed E-state index contributed by atoms with van der Waals surface area (Å²) in [4.78, 5) is 0. The average molecular weight is 115 g/mol. The van der Waals surface area contributed by atoms with Crippen LogP contribution in [0, 0.1) is 6.92 Å². The molecule has 0 aliphatic heterocycles. The molecule has 0 fully saturated rings. The van der Waals surface area contributed by atoms with Gasteiger partial charge in [0.05, 0.1) is 6.10 Å². The lowest BCUT2D eigenvalue weighted by Gasteiger charge is -2.07. The number of ether oxygens (including phenoxy) is 1. The molecule has 1 heteroatoms. The molecular formula is C7H15O. The first-order valence-electron chi connectivity index (χ1n) is 3.22. The molecule has 0 aliphatic carbocycles. The van der Waals surface area contributed by atoms with Gasteiger partial charge in [0.15, 0.2) is 0 Å². The minimum Gasteiger partial charge on any atom is -0.379 e. The lowest BCUT2D eigenvalue weighted by molar-refractivity contribution is 0.0710. The maximum absolute atomic E-state index is 5.24. The van der Waals surface area contributed by atoms with Crippen molar-refractivity contribution in [3.8, 4) is 0 Å². The molecule has 1 atom stereocenters. The summed E-state index contributed by atoms with van der Waals surface area (Å²) in [6.45, 7) is 8.64. The van der Waals surface area contributed by atoms with E-state index >= 15 is 0 Å². The summed E-state index contributed by atoms with van der Waals surface area (Å²) in [5.41, 5.74) is 0. The maximum Gasteiger partial charge on any atom is 0.0546 e. The smallest absolute Gasteiger partial charge is 0.0546 e. The highest BCUT2D eigenvalue weighted by atomic mass is 16.5. The lowest BCUT2D eigenvalue weighted by Crippen LogP contribution is -2.06. The van der Waals surface area contributed by atoms with E-state index in [1.165, 1.54) is 0 Å². The van der Waals surface area contributed by atoms with Crippen LogP contribution in [0.3, 0.4) is 0 Å². The summed E-state index contributed by atoms with van der Waals surface area (Å²) >= 11 is 0. The van der Waals surface area contributed by atoms with E-state index in [4.69, 9.17) is 4.74 Å². The Bertz CT molecular complexity index is 37.7. The van der Waals surface area contributed by atoms with Crippen LogP contribution in [0.1, 0.15) is 26.7 Å². The van der Waals surface area contributed by atoms with Crippen molar-refractivity contribution < 1.29 is 4.74 Å². The molecule has 0 heterocycles. The highest BCUT2D eigenvalue weighted by molar-refractivity contribution is 4.50. The molecule has 1 nitrogen and oxygen atoms in total. The highest BCUT2D eigenvalue weighted by Crippen LogP contribution is 1.98. The molecule has 1 unspecified atom stereocenters. The van der Waals surface area contributed by atoms with Gasteiger partial charge < -0.3 is 4.74 Å². The third-order valence-corrected chi connectivity index (χ3v) is 1.06. The molecule has 0 aliphatic rings. The van der Waals surface area contributed by atoms with Crippen LogP contribution in [0.2, 0.25) is 0 Å². The SMILES string of the molecule is [CH2]CCC(C)OCC. The molecule has 8 heavy (non-hydrogen) atoms. The van der Waals surface area contributed by atoms with Crippen molar-refractivity contribution in [2.24, 2.45) is 0 Å². The molecule has 49 valence electrons. The summed E-state index contributed by atoms with van der Waals surface area (Å²) in [7, 11) is 0. The molecule has 0 rings (SSSR count). The van der Waals surface area contributed by atoms with Gasteiger partial charge in [-0.05, 0) is 20.3 Å². The summed E-state index contributed by atoms with van der Waals surface area (Å²) in [6, 6.07) is 0. The predicted octanol–water partition coefficient (Wildman–Crippen LogP) is 2.03. The van der Waals surface area contributed by atoms with Crippen LogP contribution < -0.4 is 0 Å². The van der Waals surface area contributed by atoms with Crippen LogP contribution in [0.15, 0.2) is 0 Å². The van der Waals surface area contributed by atoms with Crippen LogP contribution in [-0.2, 0) is 4.74 Å². The Hall–Kier alpha value is -0.0400. The van der Waals surface area contributed by atoms with E-state index in [0.29, 0.717) is 6.10 Å². The van der Waals surface area contributed by atoms with Crippen molar-refractivity contribution in [1.29, 1.82) is 0 Å². The average Bonchev–Trinajstić information content (AvgIpc) is 1.68. The maximum atomic E-state index is 5.24. The third-order valence-electron chi connectivity index (χ3n) is 1.06. The fraction of sp³-hybridized carbons (Fsp3) is 0.857. The molecule has 0 N–H and O–H groups in total. The largest absolute Gasteiger partial charge is 0.379 e. The second-order valence-electron chi connectivity index (χ2n) is 1.91. The molecule has 0 spiro atoms. The number of hydrogen-bond acceptors (Lipinski definition) is 1. The van der Waals surface area contributed by atoms with Crippen molar-refractivity contribution in [1.82, 2.24) is 0 Å². The summed E-state index contributed by atoms with van der Waals surface area (Å²) in [6.07, 6.45) is 2.45. The zero-order valence-electron chi connectivity index (χ0n) is 5.81. The molecule has 1 radical (unpaired) electrons. The van der Waals surface area contributed by atoms with E-state index in [-0.39, 0.29) is 0 Å². The molecule has 0 bridgehead atoms. The summed E-state index contributed by atoms with van der Waals surface area (Å²) in [5.74, 6) is 0. The van der Waals surface area contributed by atoms with Gasteiger partial charge >= 0.3 is 0 Å². The van der Waals surface area contributed by atoms with Crippen molar-refractivity contribution >= 4 is 0 Å². The second-order valence-corrected chi connectivity index (χ2v) is 1.91. The zero-order chi connectivity index (χ0) is 6.41. The molecule has 0 aromatic carbocycles. The van der Waals surface area contributed by atoms with Gasteiger partial charge in [-0.3, -0.25) is 0 Å². The molecule has 0 saturated carbocycles. The first kappa shape index (κ1) is 7.96. The van der Waals surface area contributed by atoms with E-state index in [1.54, 1.807) is 0 Å². The van der Waals surface area contributed by atoms with Gasteiger partial charge in [0.2, 0.25) is 0 Å². The molecule has 0 amide bonds. The highest BCUT2D eigenvalue weighted by Gasteiger charge is 1.95. The summed E-state index contributed by atoms with van der Waals surface area (Å²) in [5, 5.41) is 0. The standard InChI is InChI=1S/C7H15O/c1-4-6-7(3)8-5-2/h7H,1,4-6H2,2-3H3. The van der Waals surface area contributed by atoms with Gasteiger partial charge in [0, 0.05) is 6.61 Å². The van der Waals surface area contributed by atoms with E-state index in [2.05, 4.69) is 13.8 Å². The number of rotatable bonds is 4. The van der Waals surface area contributed by atoms with E-state index in [0.717, 1.165) is 19.4 Å². The van der Waals surface area contributed by atoms with E-state index in [9.17, 15) is 0 Å². The fourth-order valence-electron chi connectivity index (χ4n) is 0.655. The quantitative estimate of drug-likeness (QED) is 0.544. The third kappa shape index (κ3) is 4.13. The Balaban J connectivity index is 2.92. The van der Waals surface area contributed by atoms with Gasteiger partial charge in [0.1, 0.15) is 0 Å². The first-order chi connectivity index (χ1) is 3.81. The predicted molar refractivity (Wildman–Crippen MR) is 35.7 cm³/mol. The Kier molecular flexibility index (Phi) is 5.08. The second kappa shape index (κ2) is 5.10. The van der Waals surface area contributed by atoms with Gasteiger partial charge in [-0.15, -0.1) is 0 Å². The molecule has 0 aromatic heterocycles. The van der Waals surface area contributed by atoms with Gasteiger partial charge in [-0.2, -0.15) is 0 Å². The van der Waals surface area contributed by atoms with Crippen molar-refractivity contribution in [2.75, 3.05) is 6.61 Å².